The number of rotatable bonds is 54. The van der Waals surface area contributed by atoms with E-state index in [1.165, 1.54) is 103 Å². The molecule has 0 saturated carbocycles. The van der Waals surface area contributed by atoms with Crippen molar-refractivity contribution in [3.8, 4) is 0 Å². The highest BCUT2D eigenvalue weighted by Gasteiger charge is 2.26. The van der Waals surface area contributed by atoms with Crippen molar-refractivity contribution in [2.45, 2.75) is 251 Å². The minimum atomic E-state index is -4.40. The molecule has 0 aromatic carbocycles. The lowest BCUT2D eigenvalue weighted by atomic mass is 10.1. The van der Waals surface area contributed by atoms with Gasteiger partial charge in [-0.2, -0.15) is 0 Å². The molecule has 9 nitrogen and oxygen atoms in total. The van der Waals surface area contributed by atoms with Crippen molar-refractivity contribution in [3.63, 3.8) is 0 Å². The predicted octanol–water partition coefficient (Wildman–Crippen LogP) is 18.6. The van der Waals surface area contributed by atoms with Crippen LogP contribution in [0.15, 0.2) is 109 Å². The van der Waals surface area contributed by atoms with Crippen LogP contribution in [0.2, 0.25) is 0 Å². The molecular weight excluding hydrogens is 930 g/mol. The first-order valence-corrected chi connectivity index (χ1v) is 30.9. The van der Waals surface area contributed by atoms with Gasteiger partial charge in [-0.05, 0) is 103 Å². The maximum absolute atomic E-state index is 12.7. The average Bonchev–Trinajstić information content (AvgIpc) is 3.38. The zero-order valence-corrected chi connectivity index (χ0v) is 47.5. The van der Waals surface area contributed by atoms with E-state index in [1.54, 1.807) is 0 Å². The summed E-state index contributed by atoms with van der Waals surface area (Å²) in [7, 11) is -4.40. The molecule has 0 radical (unpaired) electrons. The topological polar surface area (TPSA) is 134 Å². The number of nitrogens with two attached hydrogens (primary N) is 1. The van der Waals surface area contributed by atoms with Gasteiger partial charge in [0.05, 0.1) is 13.2 Å². The molecule has 0 amide bonds. The van der Waals surface area contributed by atoms with Crippen molar-refractivity contribution >= 4 is 19.8 Å². The van der Waals surface area contributed by atoms with Gasteiger partial charge < -0.3 is 20.1 Å². The lowest BCUT2D eigenvalue weighted by molar-refractivity contribution is -0.161. The molecule has 0 rings (SSSR count). The monoisotopic (exact) mass is 1040 g/mol. The van der Waals surface area contributed by atoms with Crippen molar-refractivity contribution in [2.24, 2.45) is 5.73 Å². The molecule has 3 N–H and O–H groups in total. The molecule has 0 aliphatic carbocycles. The van der Waals surface area contributed by atoms with Crippen molar-refractivity contribution < 1.29 is 37.6 Å². The van der Waals surface area contributed by atoms with Crippen LogP contribution in [0.3, 0.4) is 0 Å². The molecule has 10 heteroatoms. The van der Waals surface area contributed by atoms with Crippen molar-refractivity contribution in [1.82, 2.24) is 0 Å². The fourth-order valence-corrected chi connectivity index (χ4v) is 8.59. The van der Waals surface area contributed by atoms with Crippen LogP contribution in [0.5, 0.6) is 0 Å². The molecule has 73 heavy (non-hydrogen) atoms. The maximum Gasteiger partial charge on any atom is 0.472 e. The molecule has 0 heterocycles. The van der Waals surface area contributed by atoms with E-state index in [2.05, 4.69) is 123 Å². The molecule has 0 aromatic rings. The Kier molecular flexibility index (Phi) is 55.3. The first-order valence-electron chi connectivity index (χ1n) is 29.4. The number of hydrogen-bond acceptors (Lipinski definition) is 8. The number of phosphoric acid groups is 1. The van der Waals surface area contributed by atoms with E-state index >= 15 is 0 Å². The number of phosphoric ester groups is 1. The number of hydrogen-bond donors (Lipinski definition) is 2. The summed E-state index contributed by atoms with van der Waals surface area (Å²) in [5, 5.41) is 0. The van der Waals surface area contributed by atoms with E-state index in [0.717, 1.165) is 109 Å². The van der Waals surface area contributed by atoms with E-state index < -0.39 is 26.5 Å². The molecule has 0 aliphatic heterocycles. The van der Waals surface area contributed by atoms with Gasteiger partial charge in [-0.25, -0.2) is 4.57 Å². The first-order chi connectivity index (χ1) is 35.8. The Labute approximate surface area is 448 Å². The molecule has 0 fully saturated rings. The van der Waals surface area contributed by atoms with Crippen LogP contribution in [0.4, 0.5) is 0 Å². The number of carbonyl (C=O) groups is 2. The zero-order chi connectivity index (χ0) is 53.1. The predicted molar refractivity (Wildman–Crippen MR) is 311 cm³/mol. The summed E-state index contributed by atoms with van der Waals surface area (Å²) < 4.78 is 33.0. The highest BCUT2D eigenvalue weighted by atomic mass is 31.2. The zero-order valence-electron chi connectivity index (χ0n) is 46.6. The molecule has 0 aliphatic rings. The SMILES string of the molecule is CC/C=C\C/C=C\C/C=C\C/C=C\C/C=C\C/C=C\CCCCCCCCCCC(=O)OC(COC(=O)CCCCCCCCCCCC/C=C\C/C=C\C/C=C\CCCCCCC)COP(=O)(O)OCCN. The molecule has 0 spiro atoms. The Balaban J connectivity index is 4.04. The van der Waals surface area contributed by atoms with E-state index in [0.29, 0.717) is 6.42 Å². The summed E-state index contributed by atoms with van der Waals surface area (Å²) in [5.74, 6) is -0.845. The number of carbonyl (C=O) groups excluding carboxylic acids is 2. The second-order valence-corrected chi connectivity index (χ2v) is 20.6. The maximum atomic E-state index is 12.7. The fraction of sp³-hybridized carbons (Fsp3) is 0.683. The van der Waals surface area contributed by atoms with Gasteiger partial charge in [0.15, 0.2) is 6.10 Å². The van der Waals surface area contributed by atoms with Gasteiger partial charge in [0.25, 0.3) is 0 Å². The van der Waals surface area contributed by atoms with Crippen LogP contribution in [0.1, 0.15) is 245 Å². The van der Waals surface area contributed by atoms with Gasteiger partial charge in [0, 0.05) is 19.4 Å². The van der Waals surface area contributed by atoms with Crippen LogP contribution >= 0.6 is 7.82 Å². The van der Waals surface area contributed by atoms with Gasteiger partial charge in [-0.3, -0.25) is 18.6 Å². The minimum absolute atomic E-state index is 0.0458. The van der Waals surface area contributed by atoms with E-state index in [1.807, 2.05) is 0 Å². The summed E-state index contributed by atoms with van der Waals surface area (Å²) in [6, 6.07) is 0. The Morgan fingerprint density at radius 1 is 0.425 bits per heavy atom. The average molecular weight is 1040 g/mol. The highest BCUT2D eigenvalue weighted by Crippen LogP contribution is 2.43. The standard InChI is InChI=1S/C63H108NO8P/c1-3-5-7-9-11-13-15-17-19-21-23-25-27-29-30-32-34-36-38-40-42-44-46-48-50-52-54-56-63(66)72-61(60-71-73(67,68)70-58-57-64)59-69-62(65)55-53-51-49-47-45-43-41-39-37-35-33-31-28-26-24-22-20-18-16-14-12-10-8-6-4-2/h5,7,11,13,16-19,22-25,28-31,34,36,61H,3-4,6,8-10,12,14-15,20-21,26-27,32-33,35,37-60,64H2,1-2H3,(H,67,68)/b7-5-,13-11-,18-16-,19-17-,24-22-,25-23-,30-29-,31-28-,36-34-. The van der Waals surface area contributed by atoms with Crippen LogP contribution in [0.25, 0.3) is 0 Å². The van der Waals surface area contributed by atoms with Crippen LogP contribution in [-0.4, -0.2) is 49.3 Å². The number of allylic oxidation sites excluding steroid dienone is 18. The lowest BCUT2D eigenvalue weighted by Gasteiger charge is -2.19. The van der Waals surface area contributed by atoms with Gasteiger partial charge in [-0.15, -0.1) is 0 Å². The second kappa shape index (κ2) is 57.9. The largest absolute Gasteiger partial charge is 0.472 e. The summed E-state index contributed by atoms with van der Waals surface area (Å²) in [5.41, 5.74) is 5.38. The number of unbranched alkanes of at least 4 members (excludes halogenated alkanes) is 23. The van der Waals surface area contributed by atoms with Gasteiger partial charge in [-0.1, -0.05) is 239 Å². The van der Waals surface area contributed by atoms with Crippen LogP contribution < -0.4 is 5.73 Å². The third-order valence-corrected chi connectivity index (χ3v) is 13.1. The number of esters is 2. The summed E-state index contributed by atoms with van der Waals surface area (Å²) >= 11 is 0. The Bertz CT molecular complexity index is 1560. The second-order valence-electron chi connectivity index (χ2n) is 19.1. The smallest absolute Gasteiger partial charge is 0.462 e. The van der Waals surface area contributed by atoms with Crippen LogP contribution in [-0.2, 0) is 32.7 Å². The first kappa shape index (κ1) is 69.7. The Hall–Kier alpha value is -3.33. The third-order valence-electron chi connectivity index (χ3n) is 12.1. The van der Waals surface area contributed by atoms with Crippen molar-refractivity contribution in [2.75, 3.05) is 26.4 Å². The summed E-state index contributed by atoms with van der Waals surface area (Å²) in [6.45, 7) is 3.61. The summed E-state index contributed by atoms with van der Waals surface area (Å²) in [6.07, 6.45) is 78.5. The lowest BCUT2D eigenvalue weighted by Crippen LogP contribution is -2.29. The van der Waals surface area contributed by atoms with Crippen molar-refractivity contribution in [3.05, 3.63) is 109 Å². The fourth-order valence-electron chi connectivity index (χ4n) is 7.82. The Morgan fingerprint density at radius 2 is 0.753 bits per heavy atom. The van der Waals surface area contributed by atoms with Gasteiger partial charge in [0.1, 0.15) is 6.61 Å². The van der Waals surface area contributed by atoms with Gasteiger partial charge in [0.2, 0.25) is 0 Å². The van der Waals surface area contributed by atoms with E-state index in [-0.39, 0.29) is 38.6 Å². The highest BCUT2D eigenvalue weighted by molar-refractivity contribution is 7.47. The molecule has 0 aromatic heterocycles. The number of ether oxygens (including phenoxy) is 2. The molecular formula is C63H108NO8P. The van der Waals surface area contributed by atoms with Crippen LogP contribution in [0, 0.1) is 0 Å². The molecule has 2 atom stereocenters. The molecule has 0 bridgehead atoms. The minimum Gasteiger partial charge on any atom is -0.462 e. The molecule has 418 valence electrons. The third kappa shape index (κ3) is 57.8. The summed E-state index contributed by atoms with van der Waals surface area (Å²) in [4.78, 5) is 35.2. The van der Waals surface area contributed by atoms with E-state index in [4.69, 9.17) is 24.3 Å². The molecule has 0 saturated heterocycles. The Morgan fingerprint density at radius 3 is 1.12 bits per heavy atom. The van der Waals surface area contributed by atoms with Crippen molar-refractivity contribution in [1.29, 1.82) is 0 Å². The molecule has 2 unspecified atom stereocenters. The quantitative estimate of drug-likeness (QED) is 0.0264. The van der Waals surface area contributed by atoms with Gasteiger partial charge >= 0.3 is 19.8 Å². The van der Waals surface area contributed by atoms with E-state index in [9.17, 15) is 19.0 Å². The normalized spacial score (nSPS) is 13.9.